The van der Waals surface area contributed by atoms with Crippen molar-refractivity contribution in [3.63, 3.8) is 0 Å². The minimum Gasteiger partial charge on any atom is -0.372 e. The van der Waals surface area contributed by atoms with Crippen LogP contribution in [0.15, 0.2) is 66.9 Å². The monoisotopic (exact) mass is 372 g/mol. The fourth-order valence-corrected chi connectivity index (χ4v) is 3.45. The molecule has 0 aliphatic carbocycles. The van der Waals surface area contributed by atoms with Gasteiger partial charge in [-0.1, -0.05) is 12.1 Å². The molecule has 1 aliphatic heterocycles. The van der Waals surface area contributed by atoms with Crippen molar-refractivity contribution in [3.05, 3.63) is 78.1 Å². The molecule has 0 atom stereocenters. The van der Waals surface area contributed by atoms with Crippen LogP contribution in [-0.4, -0.2) is 24.0 Å². The van der Waals surface area contributed by atoms with Crippen molar-refractivity contribution in [1.82, 2.24) is 4.98 Å². The Bertz CT molecular complexity index is 962. The van der Waals surface area contributed by atoms with E-state index >= 15 is 0 Å². The fraction of sp³-hybridized carbons (Fsp3) is 0.217. The average molecular weight is 372 g/mol. The molecule has 5 heteroatoms. The lowest BCUT2D eigenvalue weighted by Gasteiger charge is -2.18. The summed E-state index contributed by atoms with van der Waals surface area (Å²) >= 11 is 0. The molecule has 4 rings (SSSR count). The Morgan fingerprint density at radius 2 is 1.71 bits per heavy atom. The van der Waals surface area contributed by atoms with E-state index < -0.39 is 0 Å². The van der Waals surface area contributed by atoms with E-state index in [9.17, 15) is 4.79 Å². The molecule has 28 heavy (non-hydrogen) atoms. The van der Waals surface area contributed by atoms with Gasteiger partial charge in [-0.2, -0.15) is 0 Å². The van der Waals surface area contributed by atoms with Crippen molar-refractivity contribution >= 4 is 28.7 Å². The maximum atomic E-state index is 12.5. The van der Waals surface area contributed by atoms with Crippen LogP contribution in [0, 0.1) is 6.92 Å². The third-order valence-corrected chi connectivity index (χ3v) is 4.90. The van der Waals surface area contributed by atoms with E-state index in [2.05, 4.69) is 44.8 Å². The Hall–Kier alpha value is -3.34. The van der Waals surface area contributed by atoms with Gasteiger partial charge in [-0.25, -0.2) is 0 Å². The Balaban J connectivity index is 1.44. The van der Waals surface area contributed by atoms with Crippen molar-refractivity contribution in [3.8, 4) is 0 Å². The first-order chi connectivity index (χ1) is 13.7. The van der Waals surface area contributed by atoms with Crippen LogP contribution < -0.4 is 15.5 Å². The minimum atomic E-state index is -0.223. The van der Waals surface area contributed by atoms with E-state index in [0.717, 1.165) is 35.7 Å². The highest BCUT2D eigenvalue weighted by atomic mass is 16.1. The van der Waals surface area contributed by atoms with Crippen molar-refractivity contribution in [2.24, 2.45) is 0 Å². The van der Waals surface area contributed by atoms with E-state index in [1.54, 1.807) is 12.3 Å². The van der Waals surface area contributed by atoms with Crippen LogP contribution in [0.2, 0.25) is 0 Å². The molecule has 1 fully saturated rings. The number of anilines is 4. The molecule has 0 radical (unpaired) electrons. The molecule has 5 nitrogen and oxygen atoms in total. The number of nitrogens with one attached hydrogen (secondary N) is 2. The van der Waals surface area contributed by atoms with Gasteiger partial charge in [0.2, 0.25) is 0 Å². The van der Waals surface area contributed by atoms with Gasteiger partial charge in [0, 0.05) is 42.0 Å². The highest BCUT2D eigenvalue weighted by Crippen LogP contribution is 2.24. The van der Waals surface area contributed by atoms with Crippen LogP contribution in [0.1, 0.15) is 28.9 Å². The smallest absolute Gasteiger partial charge is 0.274 e. The van der Waals surface area contributed by atoms with Crippen molar-refractivity contribution < 1.29 is 4.79 Å². The van der Waals surface area contributed by atoms with Crippen LogP contribution >= 0.6 is 0 Å². The molecule has 0 saturated carbocycles. The van der Waals surface area contributed by atoms with E-state index in [-0.39, 0.29) is 5.91 Å². The topological polar surface area (TPSA) is 57.3 Å². The van der Waals surface area contributed by atoms with Crippen LogP contribution in [-0.2, 0) is 0 Å². The largest absolute Gasteiger partial charge is 0.372 e. The number of pyridine rings is 1. The highest BCUT2D eigenvalue weighted by Gasteiger charge is 2.12. The lowest BCUT2D eigenvalue weighted by Crippen LogP contribution is -2.17. The van der Waals surface area contributed by atoms with Gasteiger partial charge >= 0.3 is 0 Å². The highest BCUT2D eigenvalue weighted by molar-refractivity contribution is 6.03. The molecule has 1 aliphatic rings. The molecule has 2 aromatic carbocycles. The molecule has 3 aromatic rings. The number of hydrogen-bond acceptors (Lipinski definition) is 4. The number of hydrogen-bond donors (Lipinski definition) is 2. The summed E-state index contributed by atoms with van der Waals surface area (Å²) < 4.78 is 0. The third-order valence-electron chi connectivity index (χ3n) is 4.90. The molecular weight excluding hydrogens is 348 g/mol. The summed E-state index contributed by atoms with van der Waals surface area (Å²) in [6, 6.07) is 19.8. The molecule has 2 N–H and O–H groups in total. The molecule has 0 unspecified atom stereocenters. The number of amides is 1. The predicted octanol–water partition coefficient (Wildman–Crippen LogP) is 4.99. The van der Waals surface area contributed by atoms with E-state index in [1.807, 2.05) is 37.3 Å². The lowest BCUT2D eigenvalue weighted by molar-refractivity contribution is 0.102. The summed E-state index contributed by atoms with van der Waals surface area (Å²) in [5.41, 5.74) is 5.31. The second-order valence-corrected chi connectivity index (χ2v) is 7.12. The number of benzene rings is 2. The number of carbonyl (C=O) groups is 1. The first-order valence-electron chi connectivity index (χ1n) is 9.63. The van der Waals surface area contributed by atoms with Crippen LogP contribution in [0.3, 0.4) is 0 Å². The number of nitrogens with zero attached hydrogens (tertiary/aromatic N) is 2. The average Bonchev–Trinajstić information content (AvgIpc) is 3.24. The Kier molecular flexibility index (Phi) is 5.24. The fourth-order valence-electron chi connectivity index (χ4n) is 3.45. The van der Waals surface area contributed by atoms with Gasteiger partial charge in [-0.15, -0.1) is 0 Å². The van der Waals surface area contributed by atoms with Crippen molar-refractivity contribution in [1.29, 1.82) is 0 Å². The first kappa shape index (κ1) is 18.0. The maximum absolute atomic E-state index is 12.5. The summed E-state index contributed by atoms with van der Waals surface area (Å²) in [5, 5.41) is 6.25. The van der Waals surface area contributed by atoms with Gasteiger partial charge in [-0.3, -0.25) is 9.78 Å². The molecule has 0 spiro atoms. The molecule has 2 heterocycles. The standard InChI is InChI=1S/C23H24N4O/c1-17-5-4-6-19(15-17)26-23(28)22-16-20(11-12-24-22)25-18-7-9-21(10-8-18)27-13-2-3-14-27/h4-12,15-16H,2-3,13-14H2,1H3,(H,24,25)(H,26,28). The quantitative estimate of drug-likeness (QED) is 0.663. The minimum absolute atomic E-state index is 0.223. The second-order valence-electron chi connectivity index (χ2n) is 7.12. The molecule has 1 aromatic heterocycles. The van der Waals surface area contributed by atoms with Gasteiger partial charge in [-0.05, 0) is 73.9 Å². The SMILES string of the molecule is Cc1cccc(NC(=O)c2cc(Nc3ccc(N4CCCC4)cc3)ccn2)c1. The zero-order valence-electron chi connectivity index (χ0n) is 16.0. The Morgan fingerprint density at radius 3 is 2.46 bits per heavy atom. The van der Waals surface area contributed by atoms with Gasteiger partial charge in [0.15, 0.2) is 0 Å². The predicted molar refractivity (Wildman–Crippen MR) is 115 cm³/mol. The second kappa shape index (κ2) is 8.13. The van der Waals surface area contributed by atoms with E-state index in [4.69, 9.17) is 0 Å². The number of aromatic nitrogens is 1. The van der Waals surface area contributed by atoms with Crippen molar-refractivity contribution in [2.45, 2.75) is 19.8 Å². The zero-order chi connectivity index (χ0) is 19.3. The van der Waals surface area contributed by atoms with Crippen LogP contribution in [0.4, 0.5) is 22.7 Å². The summed E-state index contributed by atoms with van der Waals surface area (Å²) in [5.74, 6) is -0.223. The summed E-state index contributed by atoms with van der Waals surface area (Å²) in [7, 11) is 0. The summed E-state index contributed by atoms with van der Waals surface area (Å²) in [4.78, 5) is 19.1. The Morgan fingerprint density at radius 1 is 0.929 bits per heavy atom. The summed E-state index contributed by atoms with van der Waals surface area (Å²) in [6.45, 7) is 4.26. The lowest BCUT2D eigenvalue weighted by atomic mass is 10.2. The zero-order valence-corrected chi connectivity index (χ0v) is 16.0. The number of rotatable bonds is 5. The van der Waals surface area contributed by atoms with Crippen molar-refractivity contribution in [2.75, 3.05) is 28.6 Å². The van der Waals surface area contributed by atoms with Crippen LogP contribution in [0.5, 0.6) is 0 Å². The number of aryl methyl sites for hydroxylation is 1. The Labute approximate surface area is 165 Å². The van der Waals surface area contributed by atoms with Gasteiger partial charge < -0.3 is 15.5 Å². The molecule has 0 bridgehead atoms. The molecule has 1 saturated heterocycles. The summed E-state index contributed by atoms with van der Waals surface area (Å²) in [6.07, 6.45) is 4.18. The molecular formula is C23H24N4O. The van der Waals surface area contributed by atoms with Gasteiger partial charge in [0.1, 0.15) is 5.69 Å². The van der Waals surface area contributed by atoms with E-state index in [0.29, 0.717) is 5.69 Å². The van der Waals surface area contributed by atoms with Crippen LogP contribution in [0.25, 0.3) is 0 Å². The number of carbonyl (C=O) groups excluding carboxylic acids is 1. The third kappa shape index (κ3) is 4.31. The first-order valence-corrected chi connectivity index (χ1v) is 9.63. The molecule has 1 amide bonds. The van der Waals surface area contributed by atoms with E-state index in [1.165, 1.54) is 18.5 Å². The van der Waals surface area contributed by atoms with Gasteiger partial charge in [0.05, 0.1) is 0 Å². The molecule has 142 valence electrons. The normalized spacial score (nSPS) is 13.4. The maximum Gasteiger partial charge on any atom is 0.274 e. The van der Waals surface area contributed by atoms with Gasteiger partial charge in [0.25, 0.3) is 5.91 Å².